The Hall–Kier alpha value is -6.31. The number of aliphatic hydroxyl groups is 1. The number of anilines is 2. The number of nitrogens with zero attached hydrogens (tertiary/aromatic N) is 6. The first kappa shape index (κ1) is 57.9. The summed E-state index contributed by atoms with van der Waals surface area (Å²) in [5.74, 6) is -0.712. The molecular weight excluding hydrogens is 1010 g/mol. The Bertz CT molecular complexity index is 3000. The van der Waals surface area contributed by atoms with Crippen molar-refractivity contribution in [3.05, 3.63) is 118 Å². The summed E-state index contributed by atoms with van der Waals surface area (Å²) in [4.78, 5) is 52.9. The third kappa shape index (κ3) is 14.1. The Morgan fingerprint density at radius 1 is 0.590 bits per heavy atom. The standard InChI is InChI=1S/C30H35F3N4O3.C28H33F3N4O2.CH4/c1-2-40-28(39)21-10-12-24(13-11-21)37-26-14-9-20(19-36-15-4-3-5-16-36)17-25(26)34-29(37)35-27(38)22-7-6-8-23(18-22)30(31,32)33;29-28(30,31)22-6-4-5-21(16-22)26(37)33-27-32-24-15-20(17-34-13-2-1-3-14-34)9-12-25(24)35(27)23-10-7-19(18-36)8-11-23;/h6-9,14,17-18,21,24H,2-5,10-13,15-16,19H2,1H3,(H,34,35,38);4-6,9,12,15-16,19,23,36H,1-3,7-8,10-11,13-14,17-18H2,(H,32,33,37);1H4. The fraction of sp³-hybridized carbons (Fsp3) is 0.508. The van der Waals surface area contributed by atoms with Crippen LogP contribution in [0.2, 0.25) is 0 Å². The van der Waals surface area contributed by atoms with Gasteiger partial charge in [0.2, 0.25) is 11.9 Å². The molecule has 2 saturated heterocycles. The normalized spacial score (nSPS) is 20.6. The van der Waals surface area contributed by atoms with Gasteiger partial charge >= 0.3 is 18.3 Å². The minimum atomic E-state index is -4.55. The Labute approximate surface area is 451 Å². The number of piperidine rings is 2. The van der Waals surface area contributed by atoms with Crippen LogP contribution in [0.4, 0.5) is 38.2 Å². The van der Waals surface area contributed by atoms with Crippen molar-refractivity contribution < 1.29 is 50.6 Å². The van der Waals surface area contributed by atoms with Crippen LogP contribution >= 0.6 is 0 Å². The number of esters is 1. The predicted molar refractivity (Wildman–Crippen MR) is 289 cm³/mol. The molecule has 2 saturated carbocycles. The molecule has 0 atom stereocenters. The summed E-state index contributed by atoms with van der Waals surface area (Å²) in [7, 11) is 0. The van der Waals surface area contributed by atoms with Gasteiger partial charge in [-0.25, -0.2) is 9.97 Å². The number of nitrogens with one attached hydrogen (secondary N) is 2. The number of hydrogen-bond donors (Lipinski definition) is 3. The second-order valence-electron chi connectivity index (χ2n) is 21.1. The van der Waals surface area contributed by atoms with Crippen LogP contribution in [0.15, 0.2) is 84.9 Å². The van der Waals surface area contributed by atoms with Crippen LogP contribution in [0.1, 0.15) is 159 Å². The first-order chi connectivity index (χ1) is 37.0. The molecule has 4 heterocycles. The number of alkyl halides is 6. The molecule has 2 amide bonds. The molecule has 4 aromatic carbocycles. The van der Waals surface area contributed by atoms with Gasteiger partial charge in [-0.2, -0.15) is 26.3 Å². The van der Waals surface area contributed by atoms with Gasteiger partial charge in [0, 0.05) is 42.9 Å². The Balaban J connectivity index is 0.000000204. The summed E-state index contributed by atoms with van der Waals surface area (Å²) in [6.45, 7) is 8.25. The third-order valence-corrected chi connectivity index (χ3v) is 15.7. The number of hydrogen-bond acceptors (Lipinski definition) is 9. The number of imidazole rings is 2. The van der Waals surface area contributed by atoms with Gasteiger partial charge in [-0.1, -0.05) is 44.5 Å². The number of amides is 2. The van der Waals surface area contributed by atoms with Gasteiger partial charge in [0.25, 0.3) is 11.8 Å². The van der Waals surface area contributed by atoms with Gasteiger partial charge in [0.05, 0.1) is 45.7 Å². The van der Waals surface area contributed by atoms with E-state index in [0.717, 1.165) is 122 Å². The third-order valence-electron chi connectivity index (χ3n) is 15.7. The molecule has 10 rings (SSSR count). The van der Waals surface area contributed by atoms with Gasteiger partial charge in [-0.3, -0.25) is 34.8 Å². The maximum atomic E-state index is 13.3. The van der Waals surface area contributed by atoms with Gasteiger partial charge in [0.15, 0.2) is 0 Å². The quantitative estimate of drug-likeness (QED) is 0.0760. The molecule has 0 unspecified atom stereocenters. The maximum absolute atomic E-state index is 13.3. The van der Waals surface area contributed by atoms with E-state index < -0.39 is 35.3 Å². The topological polar surface area (TPSA) is 147 Å². The highest BCUT2D eigenvalue weighted by Gasteiger charge is 2.34. The van der Waals surface area contributed by atoms with E-state index in [0.29, 0.717) is 44.2 Å². The van der Waals surface area contributed by atoms with Crippen LogP contribution in [-0.2, 0) is 35.0 Å². The van der Waals surface area contributed by atoms with Crippen molar-refractivity contribution >= 4 is 51.7 Å². The van der Waals surface area contributed by atoms with E-state index in [2.05, 4.69) is 38.6 Å². The first-order valence-electron chi connectivity index (χ1n) is 27.3. The SMILES string of the molecule is C.CCOC(=O)C1CCC(n2c(NC(=O)c3cccc(C(F)(F)F)c3)nc3cc(CN4CCCCC4)ccc32)CC1.O=C(Nc1nc2cc(CN3CCCCC3)ccc2n1C1CCC(CO)CC1)c1cccc(C(F)(F)F)c1. The van der Waals surface area contributed by atoms with Gasteiger partial charge in [-0.15, -0.1) is 0 Å². The smallest absolute Gasteiger partial charge is 0.416 e. The van der Waals surface area contributed by atoms with Crippen molar-refractivity contribution in [3.63, 3.8) is 0 Å². The Morgan fingerprint density at radius 3 is 1.41 bits per heavy atom. The van der Waals surface area contributed by atoms with Crippen LogP contribution in [0.5, 0.6) is 0 Å². The molecule has 420 valence electrons. The van der Waals surface area contributed by atoms with Crippen molar-refractivity contribution in [3.8, 4) is 0 Å². The van der Waals surface area contributed by atoms with Crippen LogP contribution in [0, 0.1) is 11.8 Å². The number of aromatic nitrogens is 4. The molecule has 4 fully saturated rings. The number of fused-ring (bicyclic) bond motifs is 2. The van der Waals surface area contributed by atoms with E-state index >= 15 is 0 Å². The molecule has 4 aliphatic rings. The number of ether oxygens (including phenoxy) is 1. The molecule has 2 aromatic heterocycles. The number of benzene rings is 4. The lowest BCUT2D eigenvalue weighted by Gasteiger charge is -2.30. The molecule has 6 aromatic rings. The second kappa shape index (κ2) is 25.7. The molecule has 0 radical (unpaired) electrons. The van der Waals surface area contributed by atoms with Crippen molar-refractivity contribution in [1.82, 2.24) is 28.9 Å². The average molecular weight is 1090 g/mol. The predicted octanol–water partition coefficient (Wildman–Crippen LogP) is 13.2. The molecule has 3 N–H and O–H groups in total. The molecule has 0 spiro atoms. The molecule has 2 aliphatic carbocycles. The highest BCUT2D eigenvalue weighted by Crippen LogP contribution is 2.40. The largest absolute Gasteiger partial charge is 0.466 e. The minimum Gasteiger partial charge on any atom is -0.466 e. The number of carbonyl (C=O) groups is 3. The highest BCUT2D eigenvalue weighted by molar-refractivity contribution is 6.05. The van der Waals surface area contributed by atoms with Crippen molar-refractivity contribution in [2.75, 3.05) is 50.0 Å². The van der Waals surface area contributed by atoms with Crippen LogP contribution in [-0.4, -0.2) is 91.2 Å². The van der Waals surface area contributed by atoms with E-state index in [1.165, 1.54) is 62.8 Å². The van der Waals surface area contributed by atoms with Crippen molar-refractivity contribution in [2.45, 2.75) is 142 Å². The lowest BCUT2D eigenvalue weighted by Crippen LogP contribution is -2.29. The van der Waals surface area contributed by atoms with Crippen LogP contribution in [0.25, 0.3) is 22.1 Å². The zero-order valence-corrected chi connectivity index (χ0v) is 43.5. The zero-order valence-electron chi connectivity index (χ0n) is 43.5. The minimum absolute atomic E-state index is 0. The molecule has 78 heavy (non-hydrogen) atoms. The van der Waals surface area contributed by atoms with Crippen molar-refractivity contribution in [1.29, 1.82) is 0 Å². The van der Waals surface area contributed by atoms with Crippen LogP contribution < -0.4 is 10.6 Å². The summed E-state index contributed by atoms with van der Waals surface area (Å²) in [5, 5.41) is 15.2. The Morgan fingerprint density at radius 2 is 1.01 bits per heavy atom. The lowest BCUT2D eigenvalue weighted by atomic mass is 9.86. The van der Waals surface area contributed by atoms with E-state index in [1.54, 1.807) is 6.92 Å². The zero-order chi connectivity index (χ0) is 54.3. The monoisotopic (exact) mass is 1090 g/mol. The summed E-state index contributed by atoms with van der Waals surface area (Å²) in [5.41, 5.74) is 3.61. The first-order valence-corrected chi connectivity index (χ1v) is 27.3. The number of carbonyl (C=O) groups excluding carboxylic acids is 3. The number of aliphatic hydroxyl groups excluding tert-OH is 1. The fourth-order valence-electron chi connectivity index (χ4n) is 11.6. The maximum Gasteiger partial charge on any atom is 0.416 e. The molecule has 19 heteroatoms. The van der Waals surface area contributed by atoms with Gasteiger partial charge in [0.1, 0.15) is 0 Å². The fourth-order valence-corrected chi connectivity index (χ4v) is 11.6. The second-order valence-corrected chi connectivity index (χ2v) is 21.1. The molecular formula is C59H72F6N8O5. The molecule has 13 nitrogen and oxygen atoms in total. The van der Waals surface area contributed by atoms with Crippen LogP contribution in [0.3, 0.4) is 0 Å². The number of halogens is 6. The summed E-state index contributed by atoms with van der Waals surface area (Å²) in [6, 6.07) is 21.2. The number of rotatable bonds is 13. The molecule has 2 aliphatic heterocycles. The average Bonchev–Trinajstić information content (AvgIpc) is 3.99. The summed E-state index contributed by atoms with van der Waals surface area (Å²) >= 11 is 0. The van der Waals surface area contributed by atoms with E-state index in [4.69, 9.17) is 14.7 Å². The Kier molecular flexibility index (Phi) is 19.0. The van der Waals surface area contributed by atoms with Gasteiger partial charge in [-0.05, 0) is 188 Å². The summed E-state index contributed by atoms with van der Waals surface area (Å²) in [6.07, 6.45) is 4.33. The highest BCUT2D eigenvalue weighted by atomic mass is 19.4. The van der Waals surface area contributed by atoms with Crippen molar-refractivity contribution in [2.24, 2.45) is 11.8 Å². The van der Waals surface area contributed by atoms with Gasteiger partial charge < -0.3 is 19.0 Å². The van der Waals surface area contributed by atoms with E-state index in [-0.39, 0.29) is 55.0 Å². The van der Waals surface area contributed by atoms with E-state index in [1.807, 2.05) is 27.3 Å². The summed E-state index contributed by atoms with van der Waals surface area (Å²) < 4.78 is 88.6. The van der Waals surface area contributed by atoms with E-state index in [9.17, 15) is 45.8 Å². The number of likely N-dealkylation sites (tertiary alicyclic amines) is 2. The molecule has 0 bridgehead atoms. The lowest BCUT2D eigenvalue weighted by molar-refractivity contribution is -0.149.